The second-order valence-corrected chi connectivity index (χ2v) is 7.68. The van der Waals surface area contributed by atoms with E-state index in [2.05, 4.69) is 0 Å². The van der Waals surface area contributed by atoms with Gasteiger partial charge in [0.2, 0.25) is 10.0 Å². The summed E-state index contributed by atoms with van der Waals surface area (Å²) in [5.41, 5.74) is 1.41. The zero-order chi connectivity index (χ0) is 14.6. The Bertz CT molecular complexity index is 651. The monoisotopic (exact) mass is 311 g/mol. The quantitative estimate of drug-likeness (QED) is 0.890. The fourth-order valence-corrected chi connectivity index (χ4v) is 3.85. The normalized spacial score (nSPS) is 11.9. The minimum Gasteiger partial charge on any atom is -0.392 e. The van der Waals surface area contributed by atoms with E-state index in [0.717, 1.165) is 10.4 Å². The van der Waals surface area contributed by atoms with Crippen LogP contribution in [-0.4, -0.2) is 24.9 Å². The molecule has 6 heteroatoms. The van der Waals surface area contributed by atoms with E-state index in [9.17, 15) is 8.42 Å². The van der Waals surface area contributed by atoms with Crippen molar-refractivity contribution in [2.75, 3.05) is 7.05 Å². The molecule has 0 aliphatic carbocycles. The summed E-state index contributed by atoms with van der Waals surface area (Å²) >= 11 is 1.54. The van der Waals surface area contributed by atoms with Crippen molar-refractivity contribution in [3.63, 3.8) is 0 Å². The van der Waals surface area contributed by atoms with Gasteiger partial charge < -0.3 is 5.11 Å². The van der Waals surface area contributed by atoms with Crippen molar-refractivity contribution in [2.24, 2.45) is 0 Å². The standard InChI is InChI=1S/C14H17NO3S2/c1-15(9-14-6-3-7-19-14)20(17,18)11-13-5-2-4-12(8-13)10-16/h2-8,16H,9-11H2,1H3. The van der Waals surface area contributed by atoms with Crippen LogP contribution in [0.2, 0.25) is 0 Å². The third-order valence-electron chi connectivity index (χ3n) is 2.96. The Morgan fingerprint density at radius 2 is 1.95 bits per heavy atom. The van der Waals surface area contributed by atoms with Gasteiger partial charge in [0.15, 0.2) is 0 Å². The van der Waals surface area contributed by atoms with Gasteiger partial charge in [0.05, 0.1) is 12.4 Å². The fourth-order valence-electron chi connectivity index (χ4n) is 1.86. The van der Waals surface area contributed by atoms with Gasteiger partial charge in [0, 0.05) is 18.5 Å². The molecule has 0 spiro atoms. The summed E-state index contributed by atoms with van der Waals surface area (Å²) in [5, 5.41) is 11.0. The number of benzene rings is 1. The SMILES string of the molecule is CN(Cc1cccs1)S(=O)(=O)Cc1cccc(CO)c1. The first-order valence-corrected chi connectivity index (χ1v) is 8.65. The molecule has 0 saturated carbocycles. The van der Waals surface area contributed by atoms with E-state index in [1.165, 1.54) is 4.31 Å². The second-order valence-electron chi connectivity index (χ2n) is 4.57. The van der Waals surface area contributed by atoms with Crippen molar-refractivity contribution in [1.82, 2.24) is 4.31 Å². The number of aliphatic hydroxyl groups is 1. The number of hydrogen-bond donors (Lipinski definition) is 1. The molecule has 0 saturated heterocycles. The molecule has 2 rings (SSSR count). The largest absolute Gasteiger partial charge is 0.392 e. The molecule has 1 N–H and O–H groups in total. The molecule has 108 valence electrons. The first-order chi connectivity index (χ1) is 9.51. The van der Waals surface area contributed by atoms with E-state index in [0.29, 0.717) is 12.1 Å². The highest BCUT2D eigenvalue weighted by atomic mass is 32.2. The molecule has 0 amide bonds. The fraction of sp³-hybridized carbons (Fsp3) is 0.286. The average Bonchev–Trinajstić information content (AvgIpc) is 2.91. The highest BCUT2D eigenvalue weighted by Crippen LogP contribution is 2.16. The number of aliphatic hydroxyl groups excluding tert-OH is 1. The summed E-state index contributed by atoms with van der Waals surface area (Å²) < 4.78 is 26.0. The van der Waals surface area contributed by atoms with Gasteiger partial charge in [-0.15, -0.1) is 11.3 Å². The second kappa shape index (κ2) is 6.49. The van der Waals surface area contributed by atoms with E-state index in [4.69, 9.17) is 5.11 Å². The summed E-state index contributed by atoms with van der Waals surface area (Å²) in [4.78, 5) is 1.01. The minimum atomic E-state index is -3.36. The molecule has 1 heterocycles. The molecule has 1 aromatic carbocycles. The first kappa shape index (κ1) is 15.2. The van der Waals surface area contributed by atoms with Gasteiger partial charge in [-0.25, -0.2) is 8.42 Å². The van der Waals surface area contributed by atoms with Gasteiger partial charge in [-0.2, -0.15) is 4.31 Å². The molecule has 0 fully saturated rings. The molecule has 1 aromatic heterocycles. The van der Waals surface area contributed by atoms with E-state index in [-0.39, 0.29) is 12.4 Å². The predicted octanol–water partition coefficient (Wildman–Crippen LogP) is 2.20. The van der Waals surface area contributed by atoms with Crippen LogP contribution in [0.25, 0.3) is 0 Å². The van der Waals surface area contributed by atoms with Crippen LogP contribution >= 0.6 is 11.3 Å². The lowest BCUT2D eigenvalue weighted by Crippen LogP contribution is -2.27. The smallest absolute Gasteiger partial charge is 0.218 e. The van der Waals surface area contributed by atoms with Crippen LogP contribution < -0.4 is 0 Å². The Balaban J connectivity index is 2.09. The van der Waals surface area contributed by atoms with Crippen LogP contribution in [0.3, 0.4) is 0 Å². The summed E-state index contributed by atoms with van der Waals surface area (Å²) in [6.07, 6.45) is 0. The summed E-state index contributed by atoms with van der Waals surface area (Å²) in [6.45, 7) is 0.304. The molecule has 0 aliphatic heterocycles. The van der Waals surface area contributed by atoms with Gasteiger partial charge in [-0.05, 0) is 22.6 Å². The Hall–Kier alpha value is -1.21. The van der Waals surface area contributed by atoms with Crippen molar-refractivity contribution in [2.45, 2.75) is 18.9 Å². The van der Waals surface area contributed by atoms with Crippen LogP contribution in [0.15, 0.2) is 41.8 Å². The van der Waals surface area contributed by atoms with Crippen LogP contribution in [0.5, 0.6) is 0 Å². The Labute approximate surface area is 123 Å². The molecule has 0 radical (unpaired) electrons. The highest BCUT2D eigenvalue weighted by molar-refractivity contribution is 7.88. The van der Waals surface area contributed by atoms with Crippen LogP contribution in [0, 0.1) is 0 Å². The van der Waals surface area contributed by atoms with Crippen molar-refractivity contribution < 1.29 is 13.5 Å². The number of hydrogen-bond acceptors (Lipinski definition) is 4. The van der Waals surface area contributed by atoms with Crippen LogP contribution in [0.1, 0.15) is 16.0 Å². The van der Waals surface area contributed by atoms with Crippen molar-refractivity contribution in [1.29, 1.82) is 0 Å². The van der Waals surface area contributed by atoms with E-state index < -0.39 is 10.0 Å². The molecule has 20 heavy (non-hydrogen) atoms. The van der Waals surface area contributed by atoms with E-state index >= 15 is 0 Å². The summed E-state index contributed by atoms with van der Waals surface area (Å²) in [5.74, 6) is -0.0529. The summed E-state index contributed by atoms with van der Waals surface area (Å²) in [6, 6.07) is 10.8. The Morgan fingerprint density at radius 1 is 1.20 bits per heavy atom. The zero-order valence-corrected chi connectivity index (χ0v) is 12.8. The number of sulfonamides is 1. The van der Waals surface area contributed by atoms with Crippen molar-refractivity contribution in [3.05, 3.63) is 57.8 Å². The van der Waals surface area contributed by atoms with Gasteiger partial charge in [-0.3, -0.25) is 0 Å². The molecule has 4 nitrogen and oxygen atoms in total. The lowest BCUT2D eigenvalue weighted by atomic mass is 10.1. The maximum Gasteiger partial charge on any atom is 0.218 e. The molecule has 0 unspecified atom stereocenters. The Morgan fingerprint density at radius 3 is 2.60 bits per heavy atom. The maximum atomic E-state index is 12.3. The van der Waals surface area contributed by atoms with Gasteiger partial charge in [0.25, 0.3) is 0 Å². The lowest BCUT2D eigenvalue weighted by Gasteiger charge is -2.16. The third-order valence-corrected chi connectivity index (χ3v) is 5.59. The molecule has 2 aromatic rings. The average molecular weight is 311 g/mol. The molecule has 0 bridgehead atoms. The maximum absolute atomic E-state index is 12.3. The minimum absolute atomic E-state index is 0.0529. The number of nitrogens with zero attached hydrogens (tertiary/aromatic N) is 1. The molecular weight excluding hydrogens is 294 g/mol. The van der Waals surface area contributed by atoms with Gasteiger partial charge in [0.1, 0.15) is 0 Å². The van der Waals surface area contributed by atoms with Crippen molar-refractivity contribution in [3.8, 4) is 0 Å². The van der Waals surface area contributed by atoms with E-state index in [1.54, 1.807) is 42.6 Å². The third kappa shape index (κ3) is 3.89. The van der Waals surface area contributed by atoms with E-state index in [1.807, 2.05) is 17.5 Å². The van der Waals surface area contributed by atoms with Crippen molar-refractivity contribution >= 4 is 21.4 Å². The molecule has 0 aliphatic rings. The highest BCUT2D eigenvalue weighted by Gasteiger charge is 2.19. The first-order valence-electron chi connectivity index (χ1n) is 6.16. The zero-order valence-electron chi connectivity index (χ0n) is 11.2. The number of rotatable bonds is 6. The molecular formula is C14H17NO3S2. The predicted molar refractivity (Wildman–Crippen MR) is 80.8 cm³/mol. The number of thiophene rings is 1. The Kier molecular flexibility index (Phi) is 4.93. The topological polar surface area (TPSA) is 57.6 Å². The summed E-state index contributed by atoms with van der Waals surface area (Å²) in [7, 11) is -1.77. The van der Waals surface area contributed by atoms with Crippen LogP contribution in [-0.2, 0) is 28.9 Å². The van der Waals surface area contributed by atoms with Gasteiger partial charge in [-0.1, -0.05) is 30.3 Å². The van der Waals surface area contributed by atoms with Crippen LogP contribution in [0.4, 0.5) is 0 Å². The van der Waals surface area contributed by atoms with Gasteiger partial charge >= 0.3 is 0 Å². The lowest BCUT2D eigenvalue weighted by molar-refractivity contribution is 0.281. The molecule has 0 atom stereocenters.